The number of esters is 1. The number of ether oxygens (including phenoxy) is 5. The number of benzene rings is 1. The SMILES string of the molecule is C=CCN[C@H]1C[C@@H](C)O[C@@H](O[C@@H]2[C@H](C)C(=O)C(C)(F)C(=O)O[C@H](CC)[C@@]3(C)OC(=O)N(CCN(C)Cc4ccnc5ccccc45)C3[C@@H](C)C(=O)[C@H](C)C[C@@]2(C)OC)[C@H]1O. The van der Waals surface area contributed by atoms with Crippen molar-refractivity contribution in [2.24, 2.45) is 17.8 Å². The second kappa shape index (κ2) is 19.0. The van der Waals surface area contributed by atoms with Gasteiger partial charge in [-0.25, -0.2) is 14.0 Å². The number of hydrogen-bond acceptors (Lipinski definition) is 13. The third kappa shape index (κ3) is 9.46. The molecule has 15 heteroatoms. The number of pyridine rings is 1. The van der Waals surface area contributed by atoms with Gasteiger partial charge in [0.05, 0.1) is 29.4 Å². The lowest BCUT2D eigenvalue weighted by Gasteiger charge is -2.46. The van der Waals surface area contributed by atoms with E-state index in [1.165, 1.54) is 18.9 Å². The highest BCUT2D eigenvalue weighted by Gasteiger charge is 2.61. The minimum atomic E-state index is -3.19. The van der Waals surface area contributed by atoms with Crippen molar-refractivity contribution in [1.29, 1.82) is 0 Å². The average molecular weight is 841 g/mol. The van der Waals surface area contributed by atoms with E-state index in [2.05, 4.69) is 21.8 Å². The summed E-state index contributed by atoms with van der Waals surface area (Å²) in [4.78, 5) is 65.0. The van der Waals surface area contributed by atoms with Crippen molar-refractivity contribution in [1.82, 2.24) is 20.1 Å². The first-order chi connectivity index (χ1) is 28.2. The molecule has 1 aromatic heterocycles. The van der Waals surface area contributed by atoms with E-state index in [0.29, 0.717) is 26.1 Å². The molecule has 3 saturated heterocycles. The standard InChI is InChI=1S/C45H65FN4O10/c1-12-19-47-33-23-27(4)57-40(36(33)52)59-39-29(6)38(53)44(8,46)41(54)58-34(13-2)45(9)37(28(5)35(51)26(3)24-43(39,7)56-11)50(42(55)60-45)22-21-49(10)25-30-18-20-48-32-17-15-14-16-31(30)32/h12,14-18,20,26-29,33-34,36-37,39-40,47,52H,1,13,19,21-25H2,2-11H3/t26-,27-,28+,29-,33+,34-,36+,37?,39-,40+,43-,44?,45-/m1/s1. The minimum Gasteiger partial charge on any atom is -0.455 e. The van der Waals surface area contributed by atoms with Gasteiger partial charge in [0, 0.05) is 68.7 Å². The molecule has 2 N–H and O–H groups in total. The number of amides is 1. The second-order valence-electron chi connectivity index (χ2n) is 17.6. The zero-order valence-electron chi connectivity index (χ0n) is 36.8. The van der Waals surface area contributed by atoms with Crippen LogP contribution >= 0.6 is 0 Å². The molecule has 332 valence electrons. The third-order valence-corrected chi connectivity index (χ3v) is 13.0. The molecular formula is C45H65FN4O10. The van der Waals surface area contributed by atoms with Gasteiger partial charge in [0.1, 0.15) is 18.0 Å². The molecular weight excluding hydrogens is 776 g/mol. The minimum absolute atomic E-state index is 0.0169. The van der Waals surface area contributed by atoms with E-state index in [1.807, 2.05) is 44.3 Å². The van der Waals surface area contributed by atoms with E-state index < -0.39 is 89.2 Å². The van der Waals surface area contributed by atoms with Crippen molar-refractivity contribution in [3.05, 3.63) is 54.7 Å². The van der Waals surface area contributed by atoms with Crippen molar-refractivity contribution in [2.75, 3.05) is 33.8 Å². The Morgan fingerprint density at radius 1 is 1.10 bits per heavy atom. The number of likely N-dealkylation sites (N-methyl/N-ethyl adjacent to an activating group) is 1. The van der Waals surface area contributed by atoms with Crippen LogP contribution in [-0.4, -0.2) is 137 Å². The average Bonchev–Trinajstić information content (AvgIpc) is 3.48. The molecule has 5 rings (SSSR count). The predicted octanol–water partition coefficient (Wildman–Crippen LogP) is 5.18. The quantitative estimate of drug-likeness (QED) is 0.163. The lowest BCUT2D eigenvalue weighted by atomic mass is 9.73. The molecule has 3 aliphatic rings. The van der Waals surface area contributed by atoms with Gasteiger partial charge in [-0.1, -0.05) is 52.0 Å². The Balaban J connectivity index is 1.50. The van der Waals surface area contributed by atoms with Crippen LogP contribution in [0.4, 0.5) is 9.18 Å². The molecule has 60 heavy (non-hydrogen) atoms. The van der Waals surface area contributed by atoms with Gasteiger partial charge in [-0.3, -0.25) is 19.5 Å². The first kappa shape index (κ1) is 47.2. The number of Topliss-reactive ketones (excluding diaryl/α,β-unsaturated/α-hetero) is 2. The number of carbonyl (C=O) groups excluding carboxylic acids is 4. The molecule has 1 amide bonds. The summed E-state index contributed by atoms with van der Waals surface area (Å²) in [6.07, 6.45) is -2.22. The molecule has 14 nitrogen and oxygen atoms in total. The highest BCUT2D eigenvalue weighted by atomic mass is 19.1. The monoisotopic (exact) mass is 840 g/mol. The number of cyclic esters (lactones) is 1. The number of rotatable bonds is 12. The molecule has 0 aliphatic carbocycles. The van der Waals surface area contributed by atoms with Gasteiger partial charge in [-0.15, -0.1) is 6.58 Å². The Kier molecular flexibility index (Phi) is 15.0. The molecule has 0 bridgehead atoms. The lowest BCUT2D eigenvalue weighted by Crippen LogP contribution is -2.62. The third-order valence-electron chi connectivity index (χ3n) is 13.0. The summed E-state index contributed by atoms with van der Waals surface area (Å²) < 4.78 is 47.6. The normalized spacial score (nSPS) is 37.1. The number of aliphatic hydroxyl groups excluding tert-OH is 1. The Bertz CT molecular complexity index is 1880. The zero-order chi connectivity index (χ0) is 44.3. The number of hydrogen-bond donors (Lipinski definition) is 2. The fourth-order valence-corrected chi connectivity index (χ4v) is 9.60. The van der Waals surface area contributed by atoms with Crippen molar-refractivity contribution < 1.29 is 52.4 Å². The molecule has 0 saturated carbocycles. The van der Waals surface area contributed by atoms with E-state index in [0.717, 1.165) is 23.4 Å². The molecule has 3 fully saturated rings. The number of nitrogens with one attached hydrogen (secondary N) is 1. The summed E-state index contributed by atoms with van der Waals surface area (Å²) >= 11 is 0. The number of para-hydroxylation sites is 1. The number of carbonyl (C=O) groups is 4. The second-order valence-corrected chi connectivity index (χ2v) is 17.6. The Morgan fingerprint density at radius 2 is 1.80 bits per heavy atom. The van der Waals surface area contributed by atoms with Crippen molar-refractivity contribution in [3.8, 4) is 0 Å². The lowest BCUT2D eigenvalue weighted by molar-refractivity contribution is -0.290. The smallest absolute Gasteiger partial charge is 0.410 e. The predicted molar refractivity (Wildman–Crippen MR) is 222 cm³/mol. The van der Waals surface area contributed by atoms with E-state index in [4.69, 9.17) is 23.7 Å². The Morgan fingerprint density at radius 3 is 2.47 bits per heavy atom. The molecule has 13 atom stereocenters. The zero-order valence-corrected chi connectivity index (χ0v) is 36.8. The summed E-state index contributed by atoms with van der Waals surface area (Å²) in [5, 5.41) is 15.7. The highest BCUT2D eigenvalue weighted by molar-refractivity contribution is 6.08. The summed E-state index contributed by atoms with van der Waals surface area (Å²) in [6, 6.07) is 8.38. The van der Waals surface area contributed by atoms with Crippen molar-refractivity contribution in [2.45, 2.75) is 141 Å². The molecule has 3 aliphatic heterocycles. The largest absolute Gasteiger partial charge is 0.455 e. The van der Waals surface area contributed by atoms with Crippen LogP contribution in [0.2, 0.25) is 0 Å². The Hall–Kier alpha value is -3.86. The van der Waals surface area contributed by atoms with Crippen LogP contribution in [0.1, 0.15) is 80.2 Å². The molecule has 4 heterocycles. The maximum atomic E-state index is 17.0. The van der Waals surface area contributed by atoms with Gasteiger partial charge in [-0.05, 0) is 71.7 Å². The molecule has 1 aromatic carbocycles. The van der Waals surface area contributed by atoms with Crippen molar-refractivity contribution in [3.63, 3.8) is 0 Å². The topological polar surface area (TPSA) is 166 Å². The molecule has 2 aromatic rings. The molecule has 0 spiro atoms. The van der Waals surface area contributed by atoms with Crippen LogP contribution in [-0.2, 0) is 44.6 Å². The first-order valence-corrected chi connectivity index (χ1v) is 21.1. The van der Waals surface area contributed by atoms with E-state index in [1.54, 1.807) is 46.9 Å². The van der Waals surface area contributed by atoms with Gasteiger partial charge in [0.15, 0.2) is 17.7 Å². The first-order valence-electron chi connectivity index (χ1n) is 21.1. The number of methoxy groups -OCH3 is 1. The van der Waals surface area contributed by atoms with E-state index in [9.17, 15) is 24.3 Å². The van der Waals surface area contributed by atoms with Gasteiger partial charge in [0.25, 0.3) is 5.67 Å². The summed E-state index contributed by atoms with van der Waals surface area (Å²) in [6.45, 7) is 17.7. The maximum absolute atomic E-state index is 17.0. The number of nitrogens with zero attached hydrogens (tertiary/aromatic N) is 3. The van der Waals surface area contributed by atoms with E-state index in [-0.39, 0.29) is 31.3 Å². The van der Waals surface area contributed by atoms with Gasteiger partial charge < -0.3 is 39.0 Å². The van der Waals surface area contributed by atoms with Crippen LogP contribution in [0.25, 0.3) is 10.9 Å². The number of ketones is 2. The summed E-state index contributed by atoms with van der Waals surface area (Å²) in [7, 11) is 3.32. The number of halogens is 1. The number of aliphatic hydroxyl groups is 1. The number of aromatic nitrogens is 1. The maximum Gasteiger partial charge on any atom is 0.410 e. The van der Waals surface area contributed by atoms with Gasteiger partial charge in [-0.2, -0.15) is 0 Å². The van der Waals surface area contributed by atoms with Crippen LogP contribution < -0.4 is 5.32 Å². The van der Waals surface area contributed by atoms with Gasteiger partial charge >= 0.3 is 12.1 Å². The Labute approximate surface area is 353 Å². The number of fused-ring (bicyclic) bond motifs is 2. The van der Waals surface area contributed by atoms with E-state index >= 15 is 4.39 Å². The van der Waals surface area contributed by atoms with Crippen LogP contribution in [0.15, 0.2) is 49.2 Å². The van der Waals surface area contributed by atoms with Crippen LogP contribution in [0, 0.1) is 17.8 Å². The van der Waals surface area contributed by atoms with Crippen LogP contribution in [0.3, 0.4) is 0 Å². The fourth-order valence-electron chi connectivity index (χ4n) is 9.60. The molecule has 0 radical (unpaired) electrons. The van der Waals surface area contributed by atoms with Crippen LogP contribution in [0.5, 0.6) is 0 Å². The van der Waals surface area contributed by atoms with Crippen molar-refractivity contribution >= 4 is 34.5 Å². The van der Waals surface area contributed by atoms with Gasteiger partial charge in [0.2, 0.25) is 0 Å². The summed E-state index contributed by atoms with van der Waals surface area (Å²) in [5.74, 6) is -5.88. The fraction of sp³-hybridized carbons (Fsp3) is 0.667. The highest BCUT2D eigenvalue weighted by Crippen LogP contribution is 2.43. The summed E-state index contributed by atoms with van der Waals surface area (Å²) in [5.41, 5.74) is -4.36. The number of alkyl halides is 1. The molecule has 2 unspecified atom stereocenters.